The van der Waals surface area contributed by atoms with Crippen molar-refractivity contribution < 1.29 is 26.3 Å². The van der Waals surface area contributed by atoms with Gasteiger partial charge in [-0.3, -0.25) is 0 Å². The van der Waals surface area contributed by atoms with E-state index in [2.05, 4.69) is 5.32 Å². The molecule has 1 aliphatic heterocycles. The zero-order chi connectivity index (χ0) is 19.7. The molecule has 0 aromatic heterocycles. The van der Waals surface area contributed by atoms with Crippen molar-refractivity contribution in [3.8, 4) is 5.75 Å². The molecule has 1 N–H and O–H groups in total. The largest absolute Gasteiger partial charge is 0.497 e. The van der Waals surface area contributed by atoms with Crippen LogP contribution in [0.5, 0.6) is 5.75 Å². The Bertz CT molecular complexity index is 906. The van der Waals surface area contributed by atoms with Crippen molar-refractivity contribution in [3.05, 3.63) is 48.0 Å². The highest BCUT2D eigenvalue weighted by Gasteiger charge is 2.41. The number of anilines is 1. The first-order valence-electron chi connectivity index (χ1n) is 8.30. The fourth-order valence-corrected chi connectivity index (χ4v) is 4.57. The Kier molecular flexibility index (Phi) is 5.34. The molecule has 0 saturated carbocycles. The molecule has 146 valence electrons. The minimum atomic E-state index is -4.81. The maximum Gasteiger partial charge on any atom is 0.419 e. The molecule has 1 heterocycles. The lowest BCUT2D eigenvalue weighted by Crippen LogP contribution is -2.44. The Morgan fingerprint density at radius 3 is 2.22 bits per heavy atom. The molecule has 9 heteroatoms. The summed E-state index contributed by atoms with van der Waals surface area (Å²) < 4.78 is 72.6. The van der Waals surface area contributed by atoms with Gasteiger partial charge in [-0.1, -0.05) is 6.07 Å². The summed E-state index contributed by atoms with van der Waals surface area (Å²) in [6, 6.07) is 8.97. The van der Waals surface area contributed by atoms with Crippen LogP contribution in [0.15, 0.2) is 52.3 Å². The van der Waals surface area contributed by atoms with Crippen LogP contribution in [0.25, 0.3) is 0 Å². The molecule has 0 amide bonds. The van der Waals surface area contributed by atoms with E-state index in [1.807, 2.05) is 0 Å². The molecule has 2 aromatic rings. The van der Waals surface area contributed by atoms with Crippen LogP contribution in [-0.4, -0.2) is 41.7 Å². The van der Waals surface area contributed by atoms with Gasteiger partial charge in [0, 0.05) is 26.2 Å². The van der Waals surface area contributed by atoms with E-state index in [0.717, 1.165) is 6.07 Å². The molecular weight excluding hydrogens is 381 g/mol. The van der Waals surface area contributed by atoms with Gasteiger partial charge in [0.2, 0.25) is 9.84 Å². The van der Waals surface area contributed by atoms with E-state index < -0.39 is 26.5 Å². The Labute approximate surface area is 155 Å². The van der Waals surface area contributed by atoms with Crippen molar-refractivity contribution in [1.29, 1.82) is 0 Å². The lowest BCUT2D eigenvalue weighted by molar-refractivity contribution is -0.139. The Morgan fingerprint density at radius 1 is 1.04 bits per heavy atom. The fraction of sp³-hybridized carbons (Fsp3) is 0.333. The highest BCUT2D eigenvalue weighted by molar-refractivity contribution is 7.91. The van der Waals surface area contributed by atoms with Gasteiger partial charge in [0.05, 0.1) is 28.2 Å². The van der Waals surface area contributed by atoms with Crippen molar-refractivity contribution in [2.75, 3.05) is 38.2 Å². The van der Waals surface area contributed by atoms with Crippen LogP contribution in [0, 0.1) is 0 Å². The molecule has 2 aromatic carbocycles. The second-order valence-corrected chi connectivity index (χ2v) is 7.98. The fourth-order valence-electron chi connectivity index (χ4n) is 3.08. The van der Waals surface area contributed by atoms with E-state index in [1.165, 1.54) is 43.5 Å². The van der Waals surface area contributed by atoms with Crippen molar-refractivity contribution in [1.82, 2.24) is 5.32 Å². The number of piperazine rings is 1. The third-order valence-electron chi connectivity index (χ3n) is 4.40. The van der Waals surface area contributed by atoms with Crippen LogP contribution >= 0.6 is 0 Å². The predicted octanol–water partition coefficient (Wildman–Crippen LogP) is 2.96. The number of ether oxygens (including phenoxy) is 1. The van der Waals surface area contributed by atoms with Gasteiger partial charge in [0.1, 0.15) is 5.75 Å². The van der Waals surface area contributed by atoms with E-state index in [9.17, 15) is 21.6 Å². The summed E-state index contributed by atoms with van der Waals surface area (Å²) >= 11 is 0. The minimum absolute atomic E-state index is 0.112. The number of hydrogen-bond acceptors (Lipinski definition) is 5. The van der Waals surface area contributed by atoms with Gasteiger partial charge in [0.15, 0.2) is 0 Å². The van der Waals surface area contributed by atoms with Gasteiger partial charge in [-0.25, -0.2) is 8.42 Å². The zero-order valence-corrected chi connectivity index (χ0v) is 15.4. The van der Waals surface area contributed by atoms with Crippen LogP contribution in [-0.2, 0) is 16.0 Å². The molecule has 0 bridgehead atoms. The van der Waals surface area contributed by atoms with Crippen LogP contribution in [0.3, 0.4) is 0 Å². The maximum atomic E-state index is 13.9. The standard InChI is InChI=1S/C18H19F3N2O3S/c1-26-13-5-7-14(8-6-13)27(24,25)16-4-2-3-15(17(16)18(19,20)21)23-11-9-22-10-12-23/h2-8,22H,9-12H2,1H3. The first kappa shape index (κ1) is 19.5. The van der Waals surface area contributed by atoms with Gasteiger partial charge < -0.3 is 15.0 Å². The Balaban J connectivity index is 2.16. The average molecular weight is 400 g/mol. The van der Waals surface area contributed by atoms with Crippen LogP contribution in [0.1, 0.15) is 5.56 Å². The van der Waals surface area contributed by atoms with Crippen LogP contribution in [0.4, 0.5) is 18.9 Å². The molecule has 0 radical (unpaired) electrons. The van der Waals surface area contributed by atoms with Gasteiger partial charge >= 0.3 is 6.18 Å². The topological polar surface area (TPSA) is 58.6 Å². The minimum Gasteiger partial charge on any atom is -0.497 e. The SMILES string of the molecule is COc1ccc(S(=O)(=O)c2cccc(N3CCNCC3)c2C(F)(F)F)cc1. The highest BCUT2D eigenvalue weighted by atomic mass is 32.2. The first-order chi connectivity index (χ1) is 12.7. The molecular formula is C18H19F3N2O3S. The van der Waals surface area contributed by atoms with Gasteiger partial charge in [-0.05, 0) is 36.4 Å². The van der Waals surface area contributed by atoms with Crippen LogP contribution < -0.4 is 15.0 Å². The van der Waals surface area contributed by atoms with Crippen molar-refractivity contribution in [2.45, 2.75) is 16.0 Å². The summed E-state index contributed by atoms with van der Waals surface area (Å²) in [7, 11) is -2.94. The molecule has 0 unspecified atom stereocenters. The summed E-state index contributed by atoms with van der Waals surface area (Å²) in [5, 5.41) is 3.07. The smallest absolute Gasteiger partial charge is 0.419 e. The van der Waals surface area contributed by atoms with Gasteiger partial charge in [-0.2, -0.15) is 13.2 Å². The molecule has 1 saturated heterocycles. The monoisotopic (exact) mass is 400 g/mol. The summed E-state index contributed by atoms with van der Waals surface area (Å²) in [5.41, 5.74) is -1.23. The molecule has 3 rings (SSSR count). The van der Waals surface area contributed by atoms with E-state index in [4.69, 9.17) is 4.74 Å². The third-order valence-corrected chi connectivity index (χ3v) is 6.22. The molecule has 0 aliphatic carbocycles. The number of nitrogens with one attached hydrogen (secondary N) is 1. The summed E-state index contributed by atoms with van der Waals surface area (Å²) in [6.45, 7) is 1.81. The number of methoxy groups -OCH3 is 1. The van der Waals surface area contributed by atoms with E-state index in [-0.39, 0.29) is 10.6 Å². The lowest BCUT2D eigenvalue weighted by Gasteiger charge is -2.32. The van der Waals surface area contributed by atoms with E-state index in [1.54, 1.807) is 4.90 Å². The zero-order valence-electron chi connectivity index (χ0n) is 14.6. The highest BCUT2D eigenvalue weighted by Crippen LogP contribution is 2.42. The van der Waals surface area contributed by atoms with Crippen LogP contribution in [0.2, 0.25) is 0 Å². The first-order valence-corrected chi connectivity index (χ1v) is 9.78. The molecule has 5 nitrogen and oxygen atoms in total. The summed E-state index contributed by atoms with van der Waals surface area (Å²) in [5.74, 6) is 0.416. The van der Waals surface area contributed by atoms with Gasteiger partial charge in [-0.15, -0.1) is 0 Å². The second kappa shape index (κ2) is 7.40. The summed E-state index contributed by atoms with van der Waals surface area (Å²) in [6.07, 6.45) is -4.81. The van der Waals surface area contributed by atoms with Crippen molar-refractivity contribution in [3.63, 3.8) is 0 Å². The molecule has 0 atom stereocenters. The molecule has 0 spiro atoms. The third kappa shape index (κ3) is 3.89. The van der Waals surface area contributed by atoms with E-state index in [0.29, 0.717) is 31.9 Å². The normalized spacial score (nSPS) is 15.6. The number of alkyl halides is 3. The molecule has 1 fully saturated rings. The summed E-state index contributed by atoms with van der Waals surface area (Å²) in [4.78, 5) is 0.606. The average Bonchev–Trinajstić information content (AvgIpc) is 2.67. The van der Waals surface area contributed by atoms with Crippen molar-refractivity contribution in [2.24, 2.45) is 0 Å². The second-order valence-electron chi connectivity index (χ2n) is 6.06. The maximum absolute atomic E-state index is 13.9. The number of rotatable bonds is 4. The van der Waals surface area contributed by atoms with Crippen molar-refractivity contribution >= 4 is 15.5 Å². The number of benzene rings is 2. The Morgan fingerprint density at radius 2 is 1.67 bits per heavy atom. The lowest BCUT2D eigenvalue weighted by atomic mass is 10.1. The molecule has 27 heavy (non-hydrogen) atoms. The van der Waals surface area contributed by atoms with Gasteiger partial charge in [0.25, 0.3) is 0 Å². The molecule has 1 aliphatic rings. The number of sulfone groups is 1. The number of halogens is 3. The predicted molar refractivity (Wildman–Crippen MR) is 95.0 cm³/mol. The number of nitrogens with zero attached hydrogens (tertiary/aromatic N) is 1. The Hall–Kier alpha value is -2.26. The van der Waals surface area contributed by atoms with E-state index >= 15 is 0 Å². The number of hydrogen-bond donors (Lipinski definition) is 1. The quantitative estimate of drug-likeness (QED) is 0.855.